The van der Waals surface area contributed by atoms with Gasteiger partial charge in [-0.1, -0.05) is 87.5 Å². The van der Waals surface area contributed by atoms with Crippen LogP contribution in [0.1, 0.15) is 39.2 Å². The van der Waals surface area contributed by atoms with Crippen molar-refractivity contribution in [2.75, 3.05) is 13.2 Å². The standard InChI is InChI=1S/C33H41N3O7/c1-21(2)19-34-32(40)22(3)16-28(37)26(17-23-10-5-4-6-11-23)35-30(38)18-27(33(41)42)36-31(39)20-43-29-15-9-13-24-12-7-8-14-25(24)29/h4-15,21-22,26-28,37H,16-20H2,1-3H3,(H,34,40)(H,35,38)(H,36,39)(H,41,42)/p+1/t22-,26+,27+,28+/m1/s1. The van der Waals surface area contributed by atoms with E-state index in [1.165, 1.54) is 0 Å². The summed E-state index contributed by atoms with van der Waals surface area (Å²) >= 11 is 0. The predicted molar refractivity (Wildman–Crippen MR) is 162 cm³/mol. The summed E-state index contributed by atoms with van der Waals surface area (Å²) in [5, 5.41) is 29.2. The summed E-state index contributed by atoms with van der Waals surface area (Å²) in [6.45, 7) is 5.81. The number of primary amides is 1. The third-order valence-corrected chi connectivity index (χ3v) is 7.07. The normalized spacial score (nSPS) is 14.0. The SMILES string of the molecule is CC(C)CNC(=O)[C@H](C)C[C@H](O)[C@H](Cc1ccccc1)NC(=O)C[C@H]([NH2+]C(=O)COc1cccc2ccccc12)C(=O)O. The molecule has 0 fully saturated rings. The maximum atomic E-state index is 13.0. The molecule has 0 heterocycles. The van der Waals surface area contributed by atoms with E-state index in [9.17, 15) is 29.4 Å². The molecule has 0 aliphatic heterocycles. The average Bonchev–Trinajstić information content (AvgIpc) is 2.98. The molecule has 3 rings (SSSR count). The van der Waals surface area contributed by atoms with Crippen molar-refractivity contribution < 1.29 is 39.4 Å². The summed E-state index contributed by atoms with van der Waals surface area (Å²) < 4.78 is 5.68. The molecule has 0 radical (unpaired) electrons. The number of aliphatic hydroxyl groups excluding tert-OH is 1. The fraction of sp³-hybridized carbons (Fsp3) is 0.394. The van der Waals surface area contributed by atoms with Crippen molar-refractivity contribution in [3.05, 3.63) is 78.4 Å². The van der Waals surface area contributed by atoms with Gasteiger partial charge in [-0.05, 0) is 35.8 Å². The van der Waals surface area contributed by atoms with Crippen molar-refractivity contribution >= 4 is 34.5 Å². The van der Waals surface area contributed by atoms with Gasteiger partial charge in [0.25, 0.3) is 0 Å². The highest BCUT2D eigenvalue weighted by Crippen LogP contribution is 2.24. The average molecular weight is 593 g/mol. The number of hydrogen-bond acceptors (Lipinski definition) is 6. The van der Waals surface area contributed by atoms with E-state index in [4.69, 9.17) is 4.74 Å². The van der Waals surface area contributed by atoms with Crippen LogP contribution < -0.4 is 20.7 Å². The number of aliphatic carboxylic acids is 1. The second-order valence-corrected chi connectivity index (χ2v) is 11.3. The molecule has 0 saturated carbocycles. The highest BCUT2D eigenvalue weighted by molar-refractivity contribution is 5.88. The highest BCUT2D eigenvalue weighted by atomic mass is 16.5. The van der Waals surface area contributed by atoms with E-state index in [1.54, 1.807) is 19.1 Å². The quantitative estimate of drug-likeness (QED) is 0.170. The largest absolute Gasteiger partial charge is 0.479 e. The number of fused-ring (bicyclic) bond motifs is 1. The third kappa shape index (κ3) is 10.8. The maximum Gasteiger partial charge on any atom is 0.363 e. The lowest BCUT2D eigenvalue weighted by atomic mass is 9.93. The minimum absolute atomic E-state index is 0.0974. The third-order valence-electron chi connectivity index (χ3n) is 7.07. The van der Waals surface area contributed by atoms with Crippen molar-refractivity contribution in [3.63, 3.8) is 0 Å². The van der Waals surface area contributed by atoms with E-state index < -0.39 is 48.3 Å². The number of carboxylic acid groups (broad SMARTS) is 1. The highest BCUT2D eigenvalue weighted by Gasteiger charge is 2.31. The van der Waals surface area contributed by atoms with Gasteiger partial charge in [0.2, 0.25) is 18.4 Å². The molecule has 0 aliphatic carbocycles. The van der Waals surface area contributed by atoms with Gasteiger partial charge in [0.05, 0.1) is 18.6 Å². The molecule has 6 N–H and O–H groups in total. The fourth-order valence-electron chi connectivity index (χ4n) is 4.69. The Morgan fingerprint density at radius 3 is 2.28 bits per heavy atom. The molecule has 0 aliphatic rings. The Labute approximate surface area is 251 Å². The number of benzene rings is 3. The van der Waals surface area contributed by atoms with Crippen molar-refractivity contribution in [3.8, 4) is 5.75 Å². The first-order chi connectivity index (χ1) is 20.5. The van der Waals surface area contributed by atoms with Crippen LogP contribution in [0, 0.1) is 11.8 Å². The maximum absolute atomic E-state index is 13.0. The Morgan fingerprint density at radius 1 is 0.907 bits per heavy atom. The summed E-state index contributed by atoms with van der Waals surface area (Å²) in [6.07, 6.45) is -1.21. The zero-order valence-corrected chi connectivity index (χ0v) is 24.9. The van der Waals surface area contributed by atoms with Crippen LogP contribution in [-0.4, -0.2) is 65.2 Å². The number of amides is 3. The Balaban J connectivity index is 1.61. The fourth-order valence-corrected chi connectivity index (χ4v) is 4.69. The molecule has 4 atom stereocenters. The zero-order chi connectivity index (χ0) is 31.4. The van der Waals surface area contributed by atoms with Crippen LogP contribution in [0.2, 0.25) is 0 Å². The van der Waals surface area contributed by atoms with Gasteiger partial charge in [-0.3, -0.25) is 14.9 Å². The number of hydrogen-bond donors (Lipinski definition) is 5. The van der Waals surface area contributed by atoms with Crippen LogP contribution in [0.4, 0.5) is 0 Å². The molecule has 0 bridgehead atoms. The molecule has 0 saturated heterocycles. The smallest absolute Gasteiger partial charge is 0.363 e. The van der Waals surface area contributed by atoms with E-state index >= 15 is 0 Å². The second-order valence-electron chi connectivity index (χ2n) is 11.3. The summed E-state index contributed by atoms with van der Waals surface area (Å²) in [6, 6.07) is 20.0. The van der Waals surface area contributed by atoms with Gasteiger partial charge in [0, 0.05) is 17.8 Å². The molecule has 3 amide bonds. The number of nitrogens with two attached hydrogens (primary N) is 1. The molecule has 0 spiro atoms. The van der Waals surface area contributed by atoms with Crippen molar-refractivity contribution in [2.45, 2.75) is 58.2 Å². The Bertz CT molecular complexity index is 1370. The summed E-state index contributed by atoms with van der Waals surface area (Å²) in [5.74, 6) is -2.47. The number of aliphatic hydroxyl groups is 1. The van der Waals surface area contributed by atoms with Gasteiger partial charge in [0.15, 0.2) is 6.04 Å². The molecule has 10 nitrogen and oxygen atoms in total. The van der Waals surface area contributed by atoms with Crippen molar-refractivity contribution in [2.24, 2.45) is 11.8 Å². The van der Waals surface area contributed by atoms with Gasteiger partial charge in [-0.25, -0.2) is 9.59 Å². The molecular weight excluding hydrogens is 550 g/mol. The topological polar surface area (TPSA) is 159 Å². The molecule has 0 unspecified atom stereocenters. The Hall–Kier alpha value is -4.28. The molecule has 3 aromatic carbocycles. The van der Waals surface area contributed by atoms with Crippen molar-refractivity contribution in [1.82, 2.24) is 10.6 Å². The van der Waals surface area contributed by atoms with Crippen molar-refractivity contribution in [1.29, 1.82) is 0 Å². The summed E-state index contributed by atoms with van der Waals surface area (Å²) in [7, 11) is 0. The molecular formula is C33H42N3O7+. The molecule has 0 aromatic heterocycles. The minimum Gasteiger partial charge on any atom is -0.479 e. The number of quaternary nitrogens is 1. The van der Waals surface area contributed by atoms with E-state index in [-0.39, 0.29) is 31.3 Å². The number of ether oxygens (including phenoxy) is 1. The van der Waals surface area contributed by atoms with Crippen LogP contribution in [0.15, 0.2) is 72.8 Å². The number of carbonyl (C=O) groups excluding carboxylic acids is 3. The van der Waals surface area contributed by atoms with Gasteiger partial charge in [0.1, 0.15) is 5.75 Å². The zero-order valence-electron chi connectivity index (χ0n) is 24.9. The van der Waals surface area contributed by atoms with Crippen LogP contribution in [0.3, 0.4) is 0 Å². The van der Waals surface area contributed by atoms with Crippen LogP contribution >= 0.6 is 0 Å². The number of carbonyl (C=O) groups is 4. The predicted octanol–water partition coefficient (Wildman–Crippen LogP) is 2.04. The Morgan fingerprint density at radius 2 is 1.58 bits per heavy atom. The lowest BCUT2D eigenvalue weighted by Crippen LogP contribution is -2.96. The lowest BCUT2D eigenvalue weighted by Gasteiger charge is -2.27. The summed E-state index contributed by atoms with van der Waals surface area (Å²) in [4.78, 5) is 50.1. The number of rotatable bonds is 16. The van der Waals surface area contributed by atoms with Crippen LogP contribution in [-0.2, 0) is 25.6 Å². The van der Waals surface area contributed by atoms with E-state index in [0.29, 0.717) is 12.3 Å². The van der Waals surface area contributed by atoms with Crippen LogP contribution in [0.5, 0.6) is 5.75 Å². The van der Waals surface area contributed by atoms with E-state index in [0.717, 1.165) is 21.7 Å². The first kappa shape index (κ1) is 33.2. The molecule has 10 heteroatoms. The first-order valence-electron chi connectivity index (χ1n) is 14.5. The molecule has 230 valence electrons. The monoisotopic (exact) mass is 592 g/mol. The second kappa shape index (κ2) is 16.4. The van der Waals surface area contributed by atoms with Gasteiger partial charge >= 0.3 is 11.9 Å². The lowest BCUT2D eigenvalue weighted by molar-refractivity contribution is -0.594. The molecule has 3 aromatic rings. The first-order valence-corrected chi connectivity index (χ1v) is 14.5. The van der Waals surface area contributed by atoms with Crippen LogP contribution in [0.25, 0.3) is 10.8 Å². The van der Waals surface area contributed by atoms with Gasteiger partial charge in [-0.2, -0.15) is 0 Å². The summed E-state index contributed by atoms with van der Waals surface area (Å²) in [5.41, 5.74) is 0.853. The van der Waals surface area contributed by atoms with Gasteiger partial charge in [-0.15, -0.1) is 0 Å². The van der Waals surface area contributed by atoms with Gasteiger partial charge < -0.3 is 25.6 Å². The Kier molecular flexibility index (Phi) is 12.7. The number of carboxylic acids is 1. The molecule has 43 heavy (non-hydrogen) atoms. The van der Waals surface area contributed by atoms with E-state index in [1.807, 2.05) is 74.5 Å². The van der Waals surface area contributed by atoms with E-state index in [2.05, 4.69) is 10.6 Å². The number of nitrogens with one attached hydrogen (secondary N) is 2. The minimum atomic E-state index is -1.39.